The predicted molar refractivity (Wildman–Crippen MR) is 59.1 cm³/mol. The van der Waals surface area contributed by atoms with E-state index < -0.39 is 0 Å². The number of benzene rings is 1. The van der Waals surface area contributed by atoms with Gasteiger partial charge in [-0.15, -0.1) is 0 Å². The Labute approximate surface area is 89.3 Å². The van der Waals surface area contributed by atoms with Gasteiger partial charge in [-0.25, -0.2) is 0 Å². The van der Waals surface area contributed by atoms with Crippen LogP contribution >= 0.6 is 0 Å². The topological polar surface area (TPSA) is 43.1 Å². The third-order valence-electron chi connectivity index (χ3n) is 3.18. The number of hydrogen-bond acceptors (Lipinski definition) is 2. The number of nitrogens with zero attached hydrogens (tertiary/aromatic N) is 1. The zero-order chi connectivity index (χ0) is 10.8. The minimum absolute atomic E-state index is 0.246. The molecule has 0 fully saturated rings. The minimum atomic E-state index is -0.246. The lowest BCUT2D eigenvalue weighted by molar-refractivity contribution is -0.385. The van der Waals surface area contributed by atoms with Gasteiger partial charge in [-0.05, 0) is 43.2 Å². The molecule has 1 aromatic carbocycles. The van der Waals surface area contributed by atoms with E-state index in [4.69, 9.17) is 0 Å². The fraction of sp³-hybridized carbons (Fsp3) is 0.500. The first-order valence-corrected chi connectivity index (χ1v) is 5.52. The Balaban J connectivity index is 2.57. The molecule has 0 aliphatic heterocycles. The standard InChI is InChI=1S/C12H15NO2/c1-2-9-7-8-12(13(14)15)11-6-4-3-5-10(9)11/h7-8H,2-6H2,1H3. The van der Waals surface area contributed by atoms with Gasteiger partial charge in [0.1, 0.15) is 0 Å². The Kier molecular flexibility index (Phi) is 2.71. The molecule has 0 radical (unpaired) electrons. The Morgan fingerprint density at radius 2 is 1.93 bits per heavy atom. The lowest BCUT2D eigenvalue weighted by Gasteiger charge is -2.18. The van der Waals surface area contributed by atoms with E-state index in [0.29, 0.717) is 5.69 Å². The van der Waals surface area contributed by atoms with Gasteiger partial charge < -0.3 is 0 Å². The number of aryl methyl sites for hydroxylation is 1. The molecule has 3 nitrogen and oxygen atoms in total. The predicted octanol–water partition coefficient (Wildman–Crippen LogP) is 3.04. The molecule has 0 atom stereocenters. The van der Waals surface area contributed by atoms with Crippen LogP contribution < -0.4 is 0 Å². The van der Waals surface area contributed by atoms with Crippen LogP contribution in [-0.4, -0.2) is 4.92 Å². The van der Waals surface area contributed by atoms with Crippen LogP contribution in [-0.2, 0) is 19.3 Å². The molecule has 3 heteroatoms. The van der Waals surface area contributed by atoms with Crippen molar-refractivity contribution in [1.82, 2.24) is 0 Å². The van der Waals surface area contributed by atoms with E-state index in [2.05, 4.69) is 6.92 Å². The molecular formula is C12H15NO2. The molecule has 0 bridgehead atoms. The number of nitro benzene ring substituents is 1. The smallest absolute Gasteiger partial charge is 0.258 e. The zero-order valence-electron chi connectivity index (χ0n) is 8.95. The average molecular weight is 205 g/mol. The molecule has 0 amide bonds. The molecule has 0 saturated carbocycles. The fourth-order valence-electron chi connectivity index (χ4n) is 2.43. The Morgan fingerprint density at radius 3 is 2.53 bits per heavy atom. The third-order valence-corrected chi connectivity index (χ3v) is 3.18. The molecule has 1 aliphatic carbocycles. The van der Waals surface area contributed by atoms with Crippen molar-refractivity contribution in [1.29, 1.82) is 0 Å². The SMILES string of the molecule is CCc1ccc([N+](=O)[O-])c2c1CCCC2. The van der Waals surface area contributed by atoms with Crippen molar-refractivity contribution in [2.75, 3.05) is 0 Å². The highest BCUT2D eigenvalue weighted by molar-refractivity contribution is 5.50. The van der Waals surface area contributed by atoms with Crippen molar-refractivity contribution >= 4 is 5.69 Å². The minimum Gasteiger partial charge on any atom is -0.258 e. The Bertz CT molecular complexity index is 399. The van der Waals surface area contributed by atoms with Crippen LogP contribution in [0, 0.1) is 10.1 Å². The van der Waals surface area contributed by atoms with Crippen molar-refractivity contribution in [3.63, 3.8) is 0 Å². The maximum atomic E-state index is 10.9. The summed E-state index contributed by atoms with van der Waals surface area (Å²) >= 11 is 0. The van der Waals surface area contributed by atoms with Crippen LogP contribution in [0.1, 0.15) is 36.5 Å². The van der Waals surface area contributed by atoms with Crippen LogP contribution in [0.15, 0.2) is 12.1 Å². The molecule has 0 unspecified atom stereocenters. The molecular weight excluding hydrogens is 190 g/mol. The second-order valence-corrected chi connectivity index (χ2v) is 4.02. The summed E-state index contributed by atoms with van der Waals surface area (Å²) in [6.07, 6.45) is 5.11. The van der Waals surface area contributed by atoms with Crippen LogP contribution in [0.5, 0.6) is 0 Å². The van der Waals surface area contributed by atoms with Gasteiger partial charge in [0.05, 0.1) is 4.92 Å². The van der Waals surface area contributed by atoms with E-state index >= 15 is 0 Å². The molecule has 1 aliphatic rings. The van der Waals surface area contributed by atoms with Crippen LogP contribution in [0.2, 0.25) is 0 Å². The first kappa shape index (κ1) is 10.1. The summed E-state index contributed by atoms with van der Waals surface area (Å²) in [5.74, 6) is 0. The molecule has 0 saturated heterocycles. The number of hydrogen-bond donors (Lipinski definition) is 0. The lowest BCUT2D eigenvalue weighted by Crippen LogP contribution is -2.09. The first-order chi connectivity index (χ1) is 7.24. The maximum absolute atomic E-state index is 10.9. The number of rotatable bonds is 2. The van der Waals surface area contributed by atoms with Gasteiger partial charge in [0.15, 0.2) is 0 Å². The summed E-state index contributed by atoms with van der Waals surface area (Å²) in [6, 6.07) is 3.59. The van der Waals surface area contributed by atoms with E-state index in [1.807, 2.05) is 6.07 Å². The van der Waals surface area contributed by atoms with E-state index in [1.54, 1.807) is 6.07 Å². The second-order valence-electron chi connectivity index (χ2n) is 4.02. The van der Waals surface area contributed by atoms with Crippen molar-refractivity contribution in [2.45, 2.75) is 39.0 Å². The monoisotopic (exact) mass is 205 g/mol. The molecule has 15 heavy (non-hydrogen) atoms. The van der Waals surface area contributed by atoms with Gasteiger partial charge in [0, 0.05) is 11.6 Å². The van der Waals surface area contributed by atoms with Crippen LogP contribution in [0.4, 0.5) is 5.69 Å². The summed E-state index contributed by atoms with van der Waals surface area (Å²) in [6.45, 7) is 2.11. The van der Waals surface area contributed by atoms with Gasteiger partial charge >= 0.3 is 0 Å². The Morgan fingerprint density at radius 1 is 1.27 bits per heavy atom. The second kappa shape index (κ2) is 4.01. The van der Waals surface area contributed by atoms with Gasteiger partial charge in [-0.3, -0.25) is 10.1 Å². The molecule has 0 heterocycles. The highest BCUT2D eigenvalue weighted by Gasteiger charge is 2.22. The highest BCUT2D eigenvalue weighted by atomic mass is 16.6. The average Bonchev–Trinajstić information content (AvgIpc) is 2.27. The maximum Gasteiger partial charge on any atom is 0.272 e. The van der Waals surface area contributed by atoms with Crippen LogP contribution in [0.3, 0.4) is 0 Å². The lowest BCUT2D eigenvalue weighted by atomic mass is 9.86. The van der Waals surface area contributed by atoms with E-state index in [-0.39, 0.29) is 4.92 Å². The van der Waals surface area contributed by atoms with Gasteiger partial charge in [0.25, 0.3) is 5.69 Å². The van der Waals surface area contributed by atoms with Gasteiger partial charge in [-0.2, -0.15) is 0 Å². The molecule has 1 aromatic rings. The zero-order valence-corrected chi connectivity index (χ0v) is 8.95. The fourth-order valence-corrected chi connectivity index (χ4v) is 2.43. The highest BCUT2D eigenvalue weighted by Crippen LogP contribution is 2.32. The molecule has 80 valence electrons. The number of fused-ring (bicyclic) bond motifs is 1. The Hall–Kier alpha value is -1.38. The first-order valence-electron chi connectivity index (χ1n) is 5.52. The van der Waals surface area contributed by atoms with E-state index in [0.717, 1.165) is 31.2 Å². The van der Waals surface area contributed by atoms with Crippen molar-refractivity contribution in [2.24, 2.45) is 0 Å². The quantitative estimate of drug-likeness (QED) is 0.550. The largest absolute Gasteiger partial charge is 0.272 e. The van der Waals surface area contributed by atoms with E-state index in [9.17, 15) is 10.1 Å². The van der Waals surface area contributed by atoms with Crippen LogP contribution in [0.25, 0.3) is 0 Å². The molecule has 0 N–H and O–H groups in total. The normalized spacial score (nSPS) is 14.7. The summed E-state index contributed by atoms with van der Waals surface area (Å²) in [5.41, 5.74) is 3.85. The van der Waals surface area contributed by atoms with Gasteiger partial charge in [0.2, 0.25) is 0 Å². The summed E-state index contributed by atoms with van der Waals surface area (Å²) in [5, 5.41) is 10.9. The molecule has 2 rings (SSSR count). The molecule has 0 aromatic heterocycles. The summed E-state index contributed by atoms with van der Waals surface area (Å²) in [7, 11) is 0. The van der Waals surface area contributed by atoms with Crippen molar-refractivity contribution in [3.8, 4) is 0 Å². The third kappa shape index (κ3) is 1.74. The van der Waals surface area contributed by atoms with Gasteiger partial charge in [-0.1, -0.05) is 13.0 Å². The summed E-state index contributed by atoms with van der Waals surface area (Å²) in [4.78, 5) is 10.6. The summed E-state index contributed by atoms with van der Waals surface area (Å²) < 4.78 is 0. The molecule has 0 spiro atoms. The van der Waals surface area contributed by atoms with E-state index in [1.165, 1.54) is 17.5 Å². The number of nitro groups is 1. The van der Waals surface area contributed by atoms with Crippen molar-refractivity contribution < 1.29 is 4.92 Å². The van der Waals surface area contributed by atoms with Crippen molar-refractivity contribution in [3.05, 3.63) is 38.9 Å².